The van der Waals surface area contributed by atoms with E-state index in [1.165, 1.54) is 10.8 Å². The van der Waals surface area contributed by atoms with E-state index in [1.54, 1.807) is 14.2 Å². The first-order chi connectivity index (χ1) is 16.4. The molecule has 0 amide bonds. The fourth-order valence-corrected chi connectivity index (χ4v) is 4.98. The molecule has 1 heterocycles. The van der Waals surface area contributed by atoms with E-state index in [-0.39, 0.29) is 18.5 Å². The second-order valence-corrected chi connectivity index (χ2v) is 8.99. The number of pyridine rings is 1. The Morgan fingerprint density at radius 3 is 2.09 bits per heavy atom. The molecule has 0 spiro atoms. The van der Waals surface area contributed by atoms with Crippen molar-refractivity contribution in [3.8, 4) is 28.4 Å². The van der Waals surface area contributed by atoms with E-state index >= 15 is 0 Å². The van der Waals surface area contributed by atoms with Crippen molar-refractivity contribution in [1.82, 2.24) is 0 Å². The molecule has 35 heavy (non-hydrogen) atoms. The molecule has 0 saturated carbocycles. The average molecular weight is 488 g/mol. The van der Waals surface area contributed by atoms with Crippen LogP contribution in [0.4, 0.5) is 0 Å². The number of benzene rings is 4. The predicted octanol–water partition coefficient (Wildman–Crippen LogP) is 3.75. The first-order valence-corrected chi connectivity index (χ1v) is 11.6. The molecule has 5 aromatic rings. The normalized spacial score (nSPS) is 11.2. The molecule has 0 aliphatic rings. The van der Waals surface area contributed by atoms with E-state index in [9.17, 15) is 0 Å². The molecule has 0 aliphatic heterocycles. The lowest BCUT2D eigenvalue weighted by molar-refractivity contribution is -0.642. The van der Waals surface area contributed by atoms with Crippen molar-refractivity contribution in [3.63, 3.8) is 0 Å². The lowest BCUT2D eigenvalue weighted by Crippen LogP contribution is -3.00. The average Bonchev–Trinajstić information content (AvgIpc) is 2.84. The van der Waals surface area contributed by atoms with Crippen LogP contribution in [0.1, 0.15) is 19.4 Å². The predicted molar refractivity (Wildman–Crippen MR) is 139 cm³/mol. The molecule has 4 aromatic carbocycles. The van der Waals surface area contributed by atoms with Crippen LogP contribution in [0, 0.1) is 6.92 Å². The molecule has 0 fully saturated rings. The number of aromatic nitrogens is 1. The van der Waals surface area contributed by atoms with Gasteiger partial charge in [0.2, 0.25) is 5.52 Å². The molecule has 0 radical (unpaired) electrons. The monoisotopic (exact) mass is 487 g/mol. The summed E-state index contributed by atoms with van der Waals surface area (Å²) in [5, 5.41) is 5.70. The van der Waals surface area contributed by atoms with Gasteiger partial charge in [-0.25, -0.2) is 0 Å². The summed E-state index contributed by atoms with van der Waals surface area (Å²) in [6.07, 6.45) is 2.29. The van der Waals surface area contributed by atoms with Gasteiger partial charge >= 0.3 is 0 Å². The van der Waals surface area contributed by atoms with Gasteiger partial charge in [-0.15, -0.1) is 0 Å². The lowest BCUT2D eigenvalue weighted by atomic mass is 9.93. The smallest absolute Gasteiger partial charge is 0.220 e. The standard InChI is InChI=1S/C30H30NO3.ClH/c1-18(2)34-29-19(3)12-13-21-23-15-14-22-24(28(23)31(4)17-25(21)29)16-26(32-5)30(33-6)27(22)20-10-8-7-9-11-20;/h7-18H,1-6H3;1H/q+1;/p-1. The second-order valence-electron chi connectivity index (χ2n) is 8.99. The number of rotatable bonds is 5. The summed E-state index contributed by atoms with van der Waals surface area (Å²) in [4.78, 5) is 0. The van der Waals surface area contributed by atoms with Crippen LogP contribution < -0.4 is 31.2 Å². The fourth-order valence-electron chi connectivity index (χ4n) is 4.98. The van der Waals surface area contributed by atoms with Gasteiger partial charge in [-0.3, -0.25) is 0 Å². The summed E-state index contributed by atoms with van der Waals surface area (Å²) in [7, 11) is 5.49. The summed E-state index contributed by atoms with van der Waals surface area (Å²) in [5.41, 5.74) is 4.41. The zero-order valence-electron chi connectivity index (χ0n) is 21.0. The van der Waals surface area contributed by atoms with Crippen LogP contribution in [-0.2, 0) is 7.05 Å². The summed E-state index contributed by atoms with van der Waals surface area (Å²) in [5.74, 6) is 2.41. The highest BCUT2D eigenvalue weighted by molar-refractivity contribution is 6.18. The molecule has 0 saturated heterocycles. The number of hydrogen-bond acceptors (Lipinski definition) is 3. The number of fused-ring (bicyclic) bond motifs is 5. The van der Waals surface area contributed by atoms with Gasteiger partial charge in [0.1, 0.15) is 12.8 Å². The van der Waals surface area contributed by atoms with E-state index in [2.05, 4.69) is 81.0 Å². The molecule has 0 N–H and O–H groups in total. The van der Waals surface area contributed by atoms with Crippen molar-refractivity contribution in [2.24, 2.45) is 7.05 Å². The van der Waals surface area contributed by atoms with Gasteiger partial charge in [0.15, 0.2) is 17.7 Å². The Kier molecular flexibility index (Phi) is 6.77. The van der Waals surface area contributed by atoms with Gasteiger partial charge in [-0.2, -0.15) is 4.57 Å². The molecule has 4 nitrogen and oxygen atoms in total. The molecular formula is C30H30ClNO3. The minimum Gasteiger partial charge on any atom is -1.00 e. The molecule has 5 rings (SSSR count). The Bertz CT molecular complexity index is 1540. The van der Waals surface area contributed by atoms with Gasteiger partial charge in [0.25, 0.3) is 0 Å². The van der Waals surface area contributed by atoms with Crippen molar-refractivity contribution in [2.45, 2.75) is 26.9 Å². The minimum atomic E-state index is 0. The molecule has 0 unspecified atom stereocenters. The van der Waals surface area contributed by atoms with Gasteiger partial charge in [-0.05, 0) is 44.0 Å². The van der Waals surface area contributed by atoms with Crippen LogP contribution in [0.15, 0.2) is 66.9 Å². The largest absolute Gasteiger partial charge is 1.00 e. The van der Waals surface area contributed by atoms with Gasteiger partial charge in [0.05, 0.1) is 36.5 Å². The Balaban J connectivity index is 0.00000289. The topological polar surface area (TPSA) is 31.6 Å². The summed E-state index contributed by atoms with van der Waals surface area (Å²) < 4.78 is 20.1. The van der Waals surface area contributed by atoms with E-state index in [0.29, 0.717) is 5.75 Å². The van der Waals surface area contributed by atoms with Gasteiger partial charge < -0.3 is 26.6 Å². The maximum atomic E-state index is 6.24. The van der Waals surface area contributed by atoms with Crippen LogP contribution in [0.25, 0.3) is 43.6 Å². The minimum absolute atomic E-state index is 0. The summed E-state index contributed by atoms with van der Waals surface area (Å²) >= 11 is 0. The number of hydrogen-bond donors (Lipinski definition) is 0. The van der Waals surface area contributed by atoms with Crippen LogP contribution in [0.5, 0.6) is 17.2 Å². The van der Waals surface area contributed by atoms with Crippen LogP contribution in [0.3, 0.4) is 0 Å². The zero-order chi connectivity index (χ0) is 24.0. The van der Waals surface area contributed by atoms with E-state index in [4.69, 9.17) is 14.2 Å². The third-order valence-electron chi connectivity index (χ3n) is 6.41. The highest BCUT2D eigenvalue weighted by Gasteiger charge is 2.23. The summed E-state index contributed by atoms with van der Waals surface area (Å²) in [6.45, 7) is 6.24. The fraction of sp³-hybridized carbons (Fsp3) is 0.233. The number of nitrogens with zero attached hydrogens (tertiary/aromatic N) is 1. The van der Waals surface area contributed by atoms with Crippen LogP contribution in [-0.4, -0.2) is 20.3 Å². The van der Waals surface area contributed by atoms with E-state index in [0.717, 1.165) is 49.9 Å². The number of halogens is 1. The Morgan fingerprint density at radius 1 is 0.743 bits per heavy atom. The highest BCUT2D eigenvalue weighted by Crippen LogP contribution is 2.46. The first-order valence-electron chi connectivity index (χ1n) is 11.6. The third-order valence-corrected chi connectivity index (χ3v) is 6.41. The quantitative estimate of drug-likeness (QED) is 0.279. The highest BCUT2D eigenvalue weighted by atomic mass is 35.5. The maximum Gasteiger partial charge on any atom is 0.220 e. The first kappa shape index (κ1) is 24.6. The van der Waals surface area contributed by atoms with Crippen molar-refractivity contribution in [1.29, 1.82) is 0 Å². The molecule has 0 bridgehead atoms. The van der Waals surface area contributed by atoms with Crippen molar-refractivity contribution < 1.29 is 31.2 Å². The third kappa shape index (κ3) is 4.02. The second kappa shape index (κ2) is 9.63. The zero-order valence-corrected chi connectivity index (χ0v) is 21.7. The number of ether oxygens (including phenoxy) is 3. The van der Waals surface area contributed by atoms with Crippen molar-refractivity contribution in [2.75, 3.05) is 14.2 Å². The number of aryl methyl sites for hydroxylation is 2. The van der Waals surface area contributed by atoms with Gasteiger partial charge in [-0.1, -0.05) is 48.5 Å². The van der Waals surface area contributed by atoms with E-state index in [1.807, 2.05) is 18.2 Å². The molecule has 5 heteroatoms. The molecule has 0 atom stereocenters. The molecule has 1 aromatic heterocycles. The molecule has 0 aliphatic carbocycles. The van der Waals surface area contributed by atoms with Crippen LogP contribution >= 0.6 is 0 Å². The summed E-state index contributed by atoms with van der Waals surface area (Å²) in [6, 6.07) is 21.2. The van der Waals surface area contributed by atoms with Crippen molar-refractivity contribution in [3.05, 3.63) is 72.4 Å². The Morgan fingerprint density at radius 2 is 1.43 bits per heavy atom. The lowest BCUT2D eigenvalue weighted by Gasteiger charge is -2.18. The van der Waals surface area contributed by atoms with E-state index < -0.39 is 0 Å². The Hall–Kier alpha value is -3.50. The molecular weight excluding hydrogens is 458 g/mol. The van der Waals surface area contributed by atoms with Gasteiger partial charge in [0, 0.05) is 16.3 Å². The Labute approximate surface area is 212 Å². The van der Waals surface area contributed by atoms with Crippen molar-refractivity contribution >= 4 is 32.4 Å². The number of methoxy groups -OCH3 is 2. The SMILES string of the molecule is COc1cc2c(ccc3c4ccc(C)c(OC(C)C)c4c[n+](C)c23)c(-c2ccccc2)c1OC.[Cl-]. The molecule has 180 valence electrons. The maximum absolute atomic E-state index is 6.24. The van der Waals surface area contributed by atoms with Crippen LogP contribution in [0.2, 0.25) is 0 Å².